The van der Waals surface area contributed by atoms with E-state index in [1.165, 1.54) is 19.3 Å². The summed E-state index contributed by atoms with van der Waals surface area (Å²) in [5.41, 5.74) is 2.23. The Bertz CT molecular complexity index is 924. The van der Waals surface area contributed by atoms with Crippen molar-refractivity contribution in [1.82, 2.24) is 14.8 Å². The zero-order valence-electron chi connectivity index (χ0n) is 19.5. The average molecular weight is 459 g/mol. The number of ether oxygens (including phenoxy) is 2. The Hall–Kier alpha value is -2.48. The van der Waals surface area contributed by atoms with Crippen molar-refractivity contribution in [2.45, 2.75) is 71.0 Å². The lowest BCUT2D eigenvalue weighted by atomic mass is 9.96. The van der Waals surface area contributed by atoms with Crippen molar-refractivity contribution in [3.05, 3.63) is 41.1 Å². The van der Waals surface area contributed by atoms with E-state index in [0.29, 0.717) is 29.9 Å². The Morgan fingerprint density at radius 2 is 1.88 bits per heavy atom. The van der Waals surface area contributed by atoms with Gasteiger partial charge in [-0.05, 0) is 43.2 Å². The number of allylic oxidation sites excluding steroid dienone is 1. The van der Waals surface area contributed by atoms with Crippen LogP contribution >= 0.6 is 11.8 Å². The van der Waals surface area contributed by atoms with E-state index in [0.717, 1.165) is 35.6 Å². The third kappa shape index (κ3) is 5.85. The number of esters is 1. The van der Waals surface area contributed by atoms with Gasteiger partial charge in [0.15, 0.2) is 0 Å². The molecule has 32 heavy (non-hydrogen) atoms. The molecular weight excluding hydrogens is 424 g/mol. The summed E-state index contributed by atoms with van der Waals surface area (Å²) in [6.45, 7) is 9.23. The van der Waals surface area contributed by atoms with Crippen molar-refractivity contribution < 1.29 is 14.3 Å². The topological polar surface area (TPSA) is 78.3 Å². The average Bonchev–Trinajstić information content (AvgIpc) is 3.19. The van der Waals surface area contributed by atoms with Gasteiger partial charge in [0, 0.05) is 5.70 Å². The largest absolute Gasteiger partial charge is 0.494 e. The number of nitrogens with one attached hydrogen (secondary N) is 1. The van der Waals surface area contributed by atoms with E-state index in [1.807, 2.05) is 38.1 Å². The predicted octanol–water partition coefficient (Wildman–Crippen LogP) is 5.59. The summed E-state index contributed by atoms with van der Waals surface area (Å²) in [6.07, 6.45) is 5.46. The number of anilines is 1. The van der Waals surface area contributed by atoms with Gasteiger partial charge in [0.25, 0.3) is 0 Å². The van der Waals surface area contributed by atoms with E-state index >= 15 is 0 Å². The highest BCUT2D eigenvalue weighted by atomic mass is 32.2. The van der Waals surface area contributed by atoms with Crippen LogP contribution in [0.25, 0.3) is 0 Å². The molecule has 174 valence electrons. The Kier molecular flexibility index (Phi) is 9.02. The van der Waals surface area contributed by atoms with Crippen LogP contribution in [0.2, 0.25) is 0 Å². The minimum atomic E-state index is -0.409. The molecule has 1 N–H and O–H groups in total. The first-order chi connectivity index (χ1) is 15.6. The SMILES string of the molecule is CCCCCCOc1ccc(C2C(C(=O)OCCC)=C(C)Nc3nc(SCC)nn32)cc1. The number of aromatic nitrogens is 3. The van der Waals surface area contributed by atoms with Crippen LogP contribution in [0.5, 0.6) is 5.75 Å². The van der Waals surface area contributed by atoms with Gasteiger partial charge in [-0.1, -0.05) is 63.9 Å². The predicted molar refractivity (Wildman–Crippen MR) is 128 cm³/mol. The maximum atomic E-state index is 13.0. The maximum Gasteiger partial charge on any atom is 0.338 e. The molecule has 1 aromatic heterocycles. The Balaban J connectivity index is 1.87. The second-order valence-corrected chi connectivity index (χ2v) is 9.01. The molecule has 0 saturated carbocycles. The number of unbranched alkanes of at least 4 members (excludes halogenated alkanes) is 3. The summed E-state index contributed by atoms with van der Waals surface area (Å²) >= 11 is 1.57. The van der Waals surface area contributed by atoms with Gasteiger partial charge in [-0.15, -0.1) is 5.10 Å². The number of fused-ring (bicyclic) bond motifs is 1. The molecule has 7 nitrogen and oxygen atoms in total. The van der Waals surface area contributed by atoms with E-state index in [9.17, 15) is 4.79 Å². The minimum Gasteiger partial charge on any atom is -0.494 e. The van der Waals surface area contributed by atoms with Crippen LogP contribution < -0.4 is 10.1 Å². The molecule has 3 rings (SSSR count). The highest BCUT2D eigenvalue weighted by Gasteiger charge is 2.35. The summed E-state index contributed by atoms with van der Waals surface area (Å²) < 4.78 is 13.2. The summed E-state index contributed by atoms with van der Waals surface area (Å²) in [7, 11) is 0. The van der Waals surface area contributed by atoms with Gasteiger partial charge in [-0.3, -0.25) is 0 Å². The highest BCUT2D eigenvalue weighted by molar-refractivity contribution is 7.99. The molecule has 0 saturated heterocycles. The van der Waals surface area contributed by atoms with Crippen LogP contribution in [0, 0.1) is 0 Å². The number of nitrogens with zero attached hydrogens (tertiary/aromatic N) is 3. The minimum absolute atomic E-state index is 0.330. The number of benzene rings is 1. The number of rotatable bonds is 12. The number of hydrogen-bond acceptors (Lipinski definition) is 7. The van der Waals surface area contributed by atoms with E-state index in [-0.39, 0.29) is 5.97 Å². The van der Waals surface area contributed by atoms with Gasteiger partial charge < -0.3 is 14.8 Å². The lowest BCUT2D eigenvalue weighted by Gasteiger charge is -2.28. The third-order valence-electron chi connectivity index (χ3n) is 5.23. The van der Waals surface area contributed by atoms with Crippen molar-refractivity contribution in [3.63, 3.8) is 0 Å². The standard InChI is InChI=1S/C24H34N4O3S/c1-5-8-9-10-16-30-19-13-11-18(12-14-19)21-20(22(29)31-15-6-2)17(4)25-23-26-24(32-7-3)27-28(21)23/h11-14,21H,5-10,15-16H2,1-4H3,(H,25,26,27). The van der Waals surface area contributed by atoms with Gasteiger partial charge in [0.1, 0.15) is 11.8 Å². The van der Waals surface area contributed by atoms with Crippen molar-refractivity contribution in [2.24, 2.45) is 0 Å². The van der Waals surface area contributed by atoms with Crippen LogP contribution in [0.15, 0.2) is 40.7 Å². The first-order valence-corrected chi connectivity index (χ1v) is 12.5. The second-order valence-electron chi connectivity index (χ2n) is 7.78. The van der Waals surface area contributed by atoms with E-state index < -0.39 is 6.04 Å². The number of carbonyl (C=O) groups is 1. The van der Waals surface area contributed by atoms with E-state index in [1.54, 1.807) is 16.4 Å². The van der Waals surface area contributed by atoms with Gasteiger partial charge >= 0.3 is 5.97 Å². The van der Waals surface area contributed by atoms with E-state index in [4.69, 9.17) is 9.47 Å². The van der Waals surface area contributed by atoms with Crippen LogP contribution in [-0.2, 0) is 9.53 Å². The molecule has 8 heteroatoms. The van der Waals surface area contributed by atoms with Crippen LogP contribution in [0.1, 0.15) is 71.4 Å². The van der Waals surface area contributed by atoms with Gasteiger partial charge in [-0.25, -0.2) is 9.48 Å². The monoisotopic (exact) mass is 458 g/mol. The molecule has 0 amide bonds. The molecule has 1 aliphatic rings. The lowest BCUT2D eigenvalue weighted by molar-refractivity contribution is -0.139. The first-order valence-electron chi connectivity index (χ1n) is 11.6. The Morgan fingerprint density at radius 3 is 2.56 bits per heavy atom. The fourth-order valence-corrected chi connectivity index (χ4v) is 4.19. The smallest absolute Gasteiger partial charge is 0.338 e. The second kappa shape index (κ2) is 11.9. The summed E-state index contributed by atoms with van der Waals surface area (Å²) in [5, 5.41) is 8.59. The highest BCUT2D eigenvalue weighted by Crippen LogP contribution is 2.37. The number of carbonyl (C=O) groups excluding carboxylic acids is 1. The zero-order chi connectivity index (χ0) is 22.9. The van der Waals surface area contributed by atoms with Crippen molar-refractivity contribution in [2.75, 3.05) is 24.3 Å². The molecule has 1 unspecified atom stereocenters. The molecule has 1 atom stereocenters. The fraction of sp³-hybridized carbons (Fsp3) is 0.542. The molecule has 0 spiro atoms. The number of hydrogen-bond donors (Lipinski definition) is 1. The van der Waals surface area contributed by atoms with Crippen molar-refractivity contribution >= 4 is 23.7 Å². The van der Waals surface area contributed by atoms with Crippen molar-refractivity contribution in [1.29, 1.82) is 0 Å². The molecular formula is C24H34N4O3S. The quantitative estimate of drug-likeness (QED) is 0.252. The Labute approximate surface area is 195 Å². The van der Waals surface area contributed by atoms with Crippen LogP contribution in [0.4, 0.5) is 5.95 Å². The summed E-state index contributed by atoms with van der Waals surface area (Å²) in [5.74, 6) is 2.00. The Morgan fingerprint density at radius 1 is 1.09 bits per heavy atom. The lowest BCUT2D eigenvalue weighted by Crippen LogP contribution is -2.29. The molecule has 0 aliphatic carbocycles. The molecule has 1 aliphatic heterocycles. The molecule has 0 bridgehead atoms. The zero-order valence-corrected chi connectivity index (χ0v) is 20.3. The third-order valence-corrected chi connectivity index (χ3v) is 5.95. The van der Waals surface area contributed by atoms with E-state index in [2.05, 4.69) is 29.2 Å². The molecule has 0 fully saturated rings. The van der Waals surface area contributed by atoms with Gasteiger partial charge in [0.2, 0.25) is 11.1 Å². The van der Waals surface area contributed by atoms with Gasteiger partial charge in [-0.2, -0.15) is 4.98 Å². The number of thioether (sulfide) groups is 1. The molecule has 1 aromatic carbocycles. The van der Waals surface area contributed by atoms with Crippen LogP contribution in [0.3, 0.4) is 0 Å². The van der Waals surface area contributed by atoms with Crippen molar-refractivity contribution in [3.8, 4) is 5.75 Å². The molecule has 0 radical (unpaired) electrons. The summed E-state index contributed by atoms with van der Waals surface area (Å²) in [4.78, 5) is 17.6. The molecule has 2 aromatic rings. The maximum absolute atomic E-state index is 13.0. The fourth-order valence-electron chi connectivity index (χ4n) is 3.63. The normalized spacial score (nSPS) is 15.3. The molecule has 2 heterocycles. The van der Waals surface area contributed by atoms with Gasteiger partial charge in [0.05, 0.1) is 18.8 Å². The first kappa shape index (κ1) is 24.2. The summed E-state index contributed by atoms with van der Waals surface area (Å²) in [6, 6.07) is 7.50. The van der Waals surface area contributed by atoms with Crippen LogP contribution in [-0.4, -0.2) is 39.7 Å².